The van der Waals surface area contributed by atoms with Crippen molar-refractivity contribution in [2.45, 2.75) is 24.9 Å². The molecule has 6 heteroatoms. The molecular formula is C17H30N2O3Si. The molecular weight excluding hydrogens is 308 g/mol. The molecule has 3 N–H and O–H groups in total. The number of nitrogens with two attached hydrogens (primary N) is 1. The highest BCUT2D eigenvalue weighted by Crippen LogP contribution is 2.17. The van der Waals surface area contributed by atoms with Gasteiger partial charge in [0.25, 0.3) is 0 Å². The van der Waals surface area contributed by atoms with Crippen LogP contribution in [0, 0.1) is 0 Å². The van der Waals surface area contributed by atoms with Gasteiger partial charge in [-0.1, -0.05) is 36.4 Å². The summed E-state index contributed by atoms with van der Waals surface area (Å²) < 4.78 is 17.0. The molecule has 1 rings (SSSR count). The van der Waals surface area contributed by atoms with Crippen molar-refractivity contribution in [1.82, 2.24) is 5.32 Å². The van der Waals surface area contributed by atoms with E-state index in [9.17, 15) is 0 Å². The van der Waals surface area contributed by atoms with Crippen molar-refractivity contribution in [2.75, 3.05) is 33.9 Å². The largest absolute Gasteiger partial charge is 0.500 e. The SMILES string of the molecule is C=CC(NCCC[Si](OC)(OC)OCCCN)c1ccccc1. The topological polar surface area (TPSA) is 65.7 Å². The Labute approximate surface area is 141 Å². The van der Waals surface area contributed by atoms with Crippen molar-refractivity contribution in [3.63, 3.8) is 0 Å². The van der Waals surface area contributed by atoms with Gasteiger partial charge in [0.05, 0.1) is 6.04 Å². The molecule has 23 heavy (non-hydrogen) atoms. The van der Waals surface area contributed by atoms with Crippen LogP contribution in [-0.2, 0) is 13.3 Å². The van der Waals surface area contributed by atoms with Gasteiger partial charge in [0.15, 0.2) is 0 Å². The van der Waals surface area contributed by atoms with E-state index in [1.807, 2.05) is 24.3 Å². The number of rotatable bonds is 13. The van der Waals surface area contributed by atoms with Gasteiger partial charge < -0.3 is 24.3 Å². The molecule has 0 aliphatic heterocycles. The summed E-state index contributed by atoms with van der Waals surface area (Å²) in [6.07, 6.45) is 3.64. The van der Waals surface area contributed by atoms with Crippen molar-refractivity contribution < 1.29 is 13.3 Å². The quantitative estimate of drug-likeness (QED) is 0.329. The highest BCUT2D eigenvalue weighted by molar-refractivity contribution is 6.60. The lowest BCUT2D eigenvalue weighted by atomic mass is 10.1. The molecule has 0 amide bonds. The van der Waals surface area contributed by atoms with Crippen molar-refractivity contribution in [1.29, 1.82) is 0 Å². The number of benzene rings is 1. The summed E-state index contributed by atoms with van der Waals surface area (Å²) >= 11 is 0. The second-order valence-corrected chi connectivity index (χ2v) is 8.23. The molecule has 0 aliphatic carbocycles. The summed E-state index contributed by atoms with van der Waals surface area (Å²) in [4.78, 5) is 0. The van der Waals surface area contributed by atoms with Crippen LogP contribution in [0.4, 0.5) is 0 Å². The molecule has 1 aromatic rings. The summed E-state index contributed by atoms with van der Waals surface area (Å²) in [5.41, 5.74) is 6.71. The molecule has 0 radical (unpaired) electrons. The van der Waals surface area contributed by atoms with Crippen molar-refractivity contribution >= 4 is 8.80 Å². The third-order valence-corrected chi connectivity index (χ3v) is 6.56. The van der Waals surface area contributed by atoms with E-state index in [1.54, 1.807) is 14.2 Å². The lowest BCUT2D eigenvalue weighted by molar-refractivity contribution is 0.0971. The fourth-order valence-electron chi connectivity index (χ4n) is 2.35. The smallest absolute Gasteiger partial charge is 0.377 e. The van der Waals surface area contributed by atoms with Crippen LogP contribution in [0.1, 0.15) is 24.4 Å². The van der Waals surface area contributed by atoms with Crippen LogP contribution in [0.5, 0.6) is 0 Å². The van der Waals surface area contributed by atoms with Crippen LogP contribution in [0.15, 0.2) is 43.0 Å². The molecule has 0 aromatic heterocycles. The first-order valence-electron chi connectivity index (χ1n) is 8.06. The molecule has 0 heterocycles. The Bertz CT molecular complexity index is 427. The van der Waals surface area contributed by atoms with Gasteiger partial charge in [-0.3, -0.25) is 0 Å². The molecule has 5 nitrogen and oxygen atoms in total. The first-order chi connectivity index (χ1) is 11.2. The Kier molecular flexibility index (Phi) is 10.0. The first kappa shape index (κ1) is 20.0. The summed E-state index contributed by atoms with van der Waals surface area (Å²) in [5.74, 6) is 0. The van der Waals surface area contributed by atoms with E-state index in [4.69, 9.17) is 19.0 Å². The van der Waals surface area contributed by atoms with E-state index < -0.39 is 8.80 Å². The Balaban J connectivity index is 2.42. The van der Waals surface area contributed by atoms with Gasteiger partial charge in [0.2, 0.25) is 0 Å². The van der Waals surface area contributed by atoms with Crippen molar-refractivity contribution in [3.05, 3.63) is 48.6 Å². The zero-order valence-electron chi connectivity index (χ0n) is 14.3. The molecule has 1 aromatic carbocycles. The molecule has 0 spiro atoms. The lowest BCUT2D eigenvalue weighted by Crippen LogP contribution is -2.44. The van der Waals surface area contributed by atoms with Gasteiger partial charge in [-0.2, -0.15) is 0 Å². The minimum absolute atomic E-state index is 0.149. The molecule has 1 unspecified atom stereocenters. The Morgan fingerprint density at radius 2 is 1.91 bits per heavy atom. The number of hydrogen-bond acceptors (Lipinski definition) is 5. The fourth-order valence-corrected chi connectivity index (χ4v) is 4.37. The van der Waals surface area contributed by atoms with E-state index >= 15 is 0 Å². The zero-order valence-corrected chi connectivity index (χ0v) is 15.3. The van der Waals surface area contributed by atoms with E-state index in [2.05, 4.69) is 24.0 Å². The average Bonchev–Trinajstić information content (AvgIpc) is 2.61. The normalized spacial score (nSPS) is 13.0. The summed E-state index contributed by atoms with van der Waals surface area (Å²) in [7, 11) is 0.746. The van der Waals surface area contributed by atoms with Crippen LogP contribution in [-0.4, -0.2) is 42.7 Å². The van der Waals surface area contributed by atoms with Crippen LogP contribution in [0.2, 0.25) is 6.04 Å². The fraction of sp³-hybridized carbons (Fsp3) is 0.529. The van der Waals surface area contributed by atoms with Gasteiger partial charge in [-0.05, 0) is 31.5 Å². The molecule has 0 saturated heterocycles. The summed E-state index contributed by atoms with van der Waals surface area (Å²) in [6, 6.07) is 11.2. The molecule has 1 atom stereocenters. The van der Waals surface area contributed by atoms with Crippen LogP contribution in [0.3, 0.4) is 0 Å². The van der Waals surface area contributed by atoms with E-state index in [0.29, 0.717) is 13.2 Å². The highest BCUT2D eigenvalue weighted by atomic mass is 28.4. The summed E-state index contributed by atoms with van der Waals surface area (Å²) in [5, 5.41) is 3.49. The minimum Gasteiger partial charge on any atom is -0.377 e. The van der Waals surface area contributed by atoms with Gasteiger partial charge in [-0.25, -0.2) is 0 Å². The third kappa shape index (κ3) is 6.95. The predicted molar refractivity (Wildman–Crippen MR) is 96.2 cm³/mol. The van der Waals surface area contributed by atoms with Gasteiger partial charge >= 0.3 is 8.80 Å². The monoisotopic (exact) mass is 338 g/mol. The first-order valence-corrected chi connectivity index (χ1v) is 9.99. The second-order valence-electron chi connectivity index (χ2n) is 5.26. The minimum atomic E-state index is -2.56. The van der Waals surface area contributed by atoms with Crippen LogP contribution < -0.4 is 11.1 Å². The standard InChI is InChI=1S/C17H30N2O3Si/c1-4-17(16-10-6-5-7-11-16)19-13-9-15-23(20-2,21-3)22-14-8-12-18/h4-7,10-11,17,19H,1,8-9,12-15,18H2,2-3H3. The number of hydrogen-bond donors (Lipinski definition) is 2. The maximum absolute atomic E-state index is 5.85. The Morgan fingerprint density at radius 1 is 1.22 bits per heavy atom. The van der Waals surface area contributed by atoms with Crippen molar-refractivity contribution in [3.8, 4) is 0 Å². The van der Waals surface area contributed by atoms with E-state index in [1.165, 1.54) is 5.56 Å². The summed E-state index contributed by atoms with van der Waals surface area (Å²) in [6.45, 7) is 5.94. The van der Waals surface area contributed by atoms with E-state index in [-0.39, 0.29) is 6.04 Å². The maximum Gasteiger partial charge on any atom is 0.500 e. The van der Waals surface area contributed by atoms with E-state index in [0.717, 1.165) is 25.4 Å². The Hall–Kier alpha value is -1.02. The third-order valence-electron chi connectivity index (χ3n) is 3.71. The van der Waals surface area contributed by atoms with Crippen LogP contribution in [0.25, 0.3) is 0 Å². The zero-order chi connectivity index (χ0) is 17.0. The molecule has 130 valence electrons. The lowest BCUT2D eigenvalue weighted by Gasteiger charge is -2.26. The molecule has 0 saturated carbocycles. The molecule has 0 aliphatic rings. The molecule has 0 bridgehead atoms. The average molecular weight is 339 g/mol. The number of nitrogens with one attached hydrogen (secondary N) is 1. The van der Waals surface area contributed by atoms with Crippen molar-refractivity contribution in [2.24, 2.45) is 5.73 Å². The molecule has 0 fully saturated rings. The van der Waals surface area contributed by atoms with Gasteiger partial charge in [0, 0.05) is 26.9 Å². The van der Waals surface area contributed by atoms with Crippen LogP contribution >= 0.6 is 0 Å². The maximum atomic E-state index is 5.85. The van der Waals surface area contributed by atoms with Gasteiger partial charge in [0.1, 0.15) is 0 Å². The highest BCUT2D eigenvalue weighted by Gasteiger charge is 2.38. The Morgan fingerprint density at radius 3 is 2.48 bits per heavy atom. The second kappa shape index (κ2) is 11.5. The predicted octanol–water partition coefficient (Wildman–Crippen LogP) is 2.49. The van der Waals surface area contributed by atoms with Gasteiger partial charge in [-0.15, -0.1) is 6.58 Å².